The van der Waals surface area contributed by atoms with Crippen LogP contribution in [0.2, 0.25) is 0 Å². The Hall–Kier alpha value is -1.46. The first-order valence-corrected chi connectivity index (χ1v) is 5.18. The topological polar surface area (TPSA) is 72.7 Å². The summed E-state index contributed by atoms with van der Waals surface area (Å²) in [4.78, 5) is 12.7. The smallest absolute Gasteiger partial charge is 0.222 e. The maximum absolute atomic E-state index is 11.2. The highest BCUT2D eigenvalue weighted by atomic mass is 16.1. The summed E-state index contributed by atoms with van der Waals surface area (Å²) in [5.41, 5.74) is 0. The molecule has 0 aliphatic carbocycles. The van der Waals surface area contributed by atoms with E-state index in [0.29, 0.717) is 13.1 Å². The summed E-state index contributed by atoms with van der Waals surface area (Å²) in [6.45, 7) is 6.79. The standard InChI is InChI=1S/C9H17N5O/c1-4-8-11-13-14(12-8)6-5-10-9(15)7(2)3/h7H,4-6H2,1-3H3,(H,10,15). The summed E-state index contributed by atoms with van der Waals surface area (Å²) in [7, 11) is 0. The Morgan fingerprint density at radius 2 is 2.27 bits per heavy atom. The van der Waals surface area contributed by atoms with Crippen LogP contribution in [0.5, 0.6) is 0 Å². The van der Waals surface area contributed by atoms with Crippen molar-refractivity contribution < 1.29 is 4.79 Å². The third kappa shape index (κ3) is 3.65. The monoisotopic (exact) mass is 211 g/mol. The van der Waals surface area contributed by atoms with Crippen molar-refractivity contribution in [3.63, 3.8) is 0 Å². The fraction of sp³-hybridized carbons (Fsp3) is 0.778. The number of carbonyl (C=O) groups excluding carboxylic acids is 1. The molecule has 0 spiro atoms. The Labute approximate surface area is 89.0 Å². The molecule has 0 fully saturated rings. The van der Waals surface area contributed by atoms with Gasteiger partial charge >= 0.3 is 0 Å². The predicted octanol–water partition coefficient (Wildman–Crippen LogP) is 0.00770. The molecular formula is C9H17N5O. The number of hydrogen-bond acceptors (Lipinski definition) is 4. The van der Waals surface area contributed by atoms with Crippen molar-refractivity contribution in [2.45, 2.75) is 33.7 Å². The second-order valence-electron chi connectivity index (χ2n) is 3.60. The maximum atomic E-state index is 11.2. The van der Waals surface area contributed by atoms with Gasteiger partial charge in [0.1, 0.15) is 0 Å². The number of tetrazole rings is 1. The molecule has 0 atom stereocenters. The number of nitrogens with zero attached hydrogens (tertiary/aromatic N) is 4. The van der Waals surface area contributed by atoms with E-state index in [9.17, 15) is 4.79 Å². The van der Waals surface area contributed by atoms with Crippen LogP contribution in [0.15, 0.2) is 0 Å². The molecule has 1 heterocycles. The molecule has 1 aromatic heterocycles. The van der Waals surface area contributed by atoms with E-state index in [-0.39, 0.29) is 11.8 Å². The zero-order chi connectivity index (χ0) is 11.3. The molecule has 1 N–H and O–H groups in total. The van der Waals surface area contributed by atoms with E-state index in [4.69, 9.17) is 0 Å². The summed E-state index contributed by atoms with van der Waals surface area (Å²) in [5, 5.41) is 14.6. The number of carbonyl (C=O) groups is 1. The van der Waals surface area contributed by atoms with E-state index in [2.05, 4.69) is 20.7 Å². The number of aromatic nitrogens is 4. The van der Waals surface area contributed by atoms with E-state index in [1.54, 1.807) is 0 Å². The molecule has 1 amide bonds. The molecule has 0 saturated heterocycles. The van der Waals surface area contributed by atoms with Crippen molar-refractivity contribution in [2.75, 3.05) is 6.54 Å². The molecule has 0 radical (unpaired) electrons. The molecule has 0 aliphatic rings. The zero-order valence-electron chi connectivity index (χ0n) is 9.40. The van der Waals surface area contributed by atoms with Crippen LogP contribution in [0.4, 0.5) is 0 Å². The van der Waals surface area contributed by atoms with Crippen LogP contribution in [0.3, 0.4) is 0 Å². The lowest BCUT2D eigenvalue weighted by atomic mass is 10.2. The Bertz CT molecular complexity index is 320. The van der Waals surface area contributed by atoms with E-state index in [1.165, 1.54) is 4.80 Å². The first-order valence-electron chi connectivity index (χ1n) is 5.18. The van der Waals surface area contributed by atoms with Gasteiger partial charge in [0.15, 0.2) is 5.82 Å². The average molecular weight is 211 g/mol. The number of rotatable bonds is 5. The molecule has 84 valence electrons. The average Bonchev–Trinajstić information content (AvgIpc) is 2.65. The van der Waals surface area contributed by atoms with Gasteiger partial charge < -0.3 is 5.32 Å². The molecule has 6 heteroatoms. The molecule has 0 bridgehead atoms. The number of nitrogens with one attached hydrogen (secondary N) is 1. The first kappa shape index (κ1) is 11.6. The van der Waals surface area contributed by atoms with Gasteiger partial charge in [-0.2, -0.15) is 4.80 Å². The minimum absolute atomic E-state index is 0.0138. The Morgan fingerprint density at radius 1 is 1.53 bits per heavy atom. The lowest BCUT2D eigenvalue weighted by molar-refractivity contribution is -0.124. The van der Waals surface area contributed by atoms with Crippen molar-refractivity contribution >= 4 is 5.91 Å². The second-order valence-corrected chi connectivity index (χ2v) is 3.60. The molecule has 15 heavy (non-hydrogen) atoms. The Morgan fingerprint density at radius 3 is 2.80 bits per heavy atom. The second kappa shape index (κ2) is 5.43. The quantitative estimate of drug-likeness (QED) is 0.744. The molecule has 0 unspecified atom stereocenters. The zero-order valence-corrected chi connectivity index (χ0v) is 9.40. The Kier molecular flexibility index (Phi) is 4.20. The predicted molar refractivity (Wildman–Crippen MR) is 55.0 cm³/mol. The van der Waals surface area contributed by atoms with Crippen LogP contribution in [0.25, 0.3) is 0 Å². The summed E-state index contributed by atoms with van der Waals surface area (Å²) in [6, 6.07) is 0. The fourth-order valence-electron chi connectivity index (χ4n) is 0.996. The molecule has 0 aliphatic heterocycles. The molecular weight excluding hydrogens is 194 g/mol. The van der Waals surface area contributed by atoms with E-state index in [1.807, 2.05) is 20.8 Å². The molecule has 6 nitrogen and oxygen atoms in total. The summed E-state index contributed by atoms with van der Waals surface area (Å²) in [5.74, 6) is 0.788. The van der Waals surface area contributed by atoms with Crippen LogP contribution >= 0.6 is 0 Å². The van der Waals surface area contributed by atoms with E-state index in [0.717, 1.165) is 12.2 Å². The van der Waals surface area contributed by atoms with Gasteiger partial charge in [-0.25, -0.2) is 0 Å². The van der Waals surface area contributed by atoms with Crippen molar-refractivity contribution in [1.82, 2.24) is 25.5 Å². The molecule has 0 aromatic carbocycles. The fourth-order valence-corrected chi connectivity index (χ4v) is 0.996. The third-order valence-corrected chi connectivity index (χ3v) is 1.95. The van der Waals surface area contributed by atoms with Crippen LogP contribution < -0.4 is 5.32 Å². The number of amides is 1. The van der Waals surface area contributed by atoms with Crippen molar-refractivity contribution in [3.8, 4) is 0 Å². The number of hydrogen-bond donors (Lipinski definition) is 1. The minimum atomic E-state index is 0.0138. The highest BCUT2D eigenvalue weighted by molar-refractivity contribution is 5.77. The SMILES string of the molecule is CCc1nnn(CCNC(=O)C(C)C)n1. The van der Waals surface area contributed by atoms with Crippen molar-refractivity contribution in [2.24, 2.45) is 5.92 Å². The van der Waals surface area contributed by atoms with Crippen LogP contribution in [0.1, 0.15) is 26.6 Å². The van der Waals surface area contributed by atoms with Gasteiger partial charge in [-0.05, 0) is 5.21 Å². The van der Waals surface area contributed by atoms with Gasteiger partial charge in [-0.3, -0.25) is 4.79 Å². The number of aryl methyl sites for hydroxylation is 1. The van der Waals surface area contributed by atoms with Crippen LogP contribution in [-0.2, 0) is 17.8 Å². The van der Waals surface area contributed by atoms with Gasteiger partial charge in [0, 0.05) is 18.9 Å². The summed E-state index contributed by atoms with van der Waals surface area (Å²) >= 11 is 0. The van der Waals surface area contributed by atoms with Gasteiger partial charge in [0.2, 0.25) is 5.91 Å². The van der Waals surface area contributed by atoms with Crippen LogP contribution in [-0.4, -0.2) is 32.7 Å². The Balaban J connectivity index is 2.28. The highest BCUT2D eigenvalue weighted by Crippen LogP contribution is 1.90. The van der Waals surface area contributed by atoms with Crippen molar-refractivity contribution in [1.29, 1.82) is 0 Å². The highest BCUT2D eigenvalue weighted by Gasteiger charge is 2.05. The lowest BCUT2D eigenvalue weighted by Crippen LogP contribution is -2.31. The third-order valence-electron chi connectivity index (χ3n) is 1.95. The van der Waals surface area contributed by atoms with E-state index >= 15 is 0 Å². The normalized spacial score (nSPS) is 10.7. The maximum Gasteiger partial charge on any atom is 0.222 e. The summed E-state index contributed by atoms with van der Waals surface area (Å²) in [6.07, 6.45) is 0.776. The molecule has 1 aromatic rings. The van der Waals surface area contributed by atoms with Crippen molar-refractivity contribution in [3.05, 3.63) is 5.82 Å². The molecule has 1 rings (SSSR count). The van der Waals surface area contributed by atoms with Gasteiger partial charge in [0.05, 0.1) is 6.54 Å². The van der Waals surface area contributed by atoms with Gasteiger partial charge in [-0.1, -0.05) is 20.8 Å². The largest absolute Gasteiger partial charge is 0.354 e. The lowest BCUT2D eigenvalue weighted by Gasteiger charge is -2.06. The van der Waals surface area contributed by atoms with Gasteiger partial charge in [-0.15, -0.1) is 10.2 Å². The summed E-state index contributed by atoms with van der Waals surface area (Å²) < 4.78 is 0. The molecule has 0 saturated carbocycles. The van der Waals surface area contributed by atoms with Crippen LogP contribution in [0, 0.1) is 5.92 Å². The van der Waals surface area contributed by atoms with Gasteiger partial charge in [0.25, 0.3) is 0 Å². The van der Waals surface area contributed by atoms with E-state index < -0.39 is 0 Å². The first-order chi connectivity index (χ1) is 7.13. The minimum Gasteiger partial charge on any atom is -0.354 e.